The van der Waals surface area contributed by atoms with Crippen molar-refractivity contribution in [2.24, 2.45) is 0 Å². The van der Waals surface area contributed by atoms with Crippen molar-refractivity contribution in [3.63, 3.8) is 0 Å². The lowest BCUT2D eigenvalue weighted by Gasteiger charge is -2.21. The van der Waals surface area contributed by atoms with E-state index in [9.17, 15) is 4.79 Å². The molecule has 4 nitrogen and oxygen atoms in total. The van der Waals surface area contributed by atoms with E-state index < -0.39 is 0 Å². The van der Waals surface area contributed by atoms with E-state index in [1.807, 2.05) is 0 Å². The number of hydrogen-bond acceptors (Lipinski definition) is 4. The first kappa shape index (κ1) is 9.40. The third-order valence-corrected chi connectivity index (χ3v) is 2.52. The maximum Gasteiger partial charge on any atom is 0.196 e. The molecule has 0 spiro atoms. The smallest absolute Gasteiger partial charge is 0.196 e. The van der Waals surface area contributed by atoms with E-state index in [4.69, 9.17) is 4.42 Å². The van der Waals surface area contributed by atoms with Gasteiger partial charge >= 0.3 is 0 Å². The van der Waals surface area contributed by atoms with E-state index in [0.29, 0.717) is 24.0 Å². The van der Waals surface area contributed by atoms with Gasteiger partial charge in [-0.2, -0.15) is 0 Å². The van der Waals surface area contributed by atoms with Crippen molar-refractivity contribution in [1.82, 2.24) is 10.3 Å². The largest absolute Gasteiger partial charge is 0.438 e. The molecule has 4 heteroatoms. The first-order valence-electron chi connectivity index (χ1n) is 5.02. The lowest BCUT2D eigenvalue weighted by atomic mass is 10.0. The minimum absolute atomic E-state index is 0.316. The van der Waals surface area contributed by atoms with Crippen LogP contribution in [-0.2, 0) is 6.42 Å². The monoisotopic (exact) mass is 194 g/mol. The van der Waals surface area contributed by atoms with E-state index in [-0.39, 0.29) is 0 Å². The minimum atomic E-state index is 0.316. The standard InChI is InChI=1S/C10H14N2O2/c13-7-9-6-12-10(14-9)5-8-3-1-2-4-11-8/h6-8,11H,1-5H2. The van der Waals surface area contributed by atoms with Gasteiger partial charge < -0.3 is 9.73 Å². The van der Waals surface area contributed by atoms with E-state index in [2.05, 4.69) is 10.3 Å². The number of nitrogens with zero attached hydrogens (tertiary/aromatic N) is 1. The number of piperidine rings is 1. The summed E-state index contributed by atoms with van der Waals surface area (Å²) in [4.78, 5) is 14.4. The number of carbonyl (C=O) groups excluding carboxylic acids is 1. The zero-order chi connectivity index (χ0) is 9.80. The lowest BCUT2D eigenvalue weighted by Crippen LogP contribution is -2.35. The Hall–Kier alpha value is -1.16. The highest BCUT2D eigenvalue weighted by atomic mass is 16.4. The molecule has 1 saturated heterocycles. The van der Waals surface area contributed by atoms with Crippen molar-refractivity contribution < 1.29 is 9.21 Å². The van der Waals surface area contributed by atoms with Gasteiger partial charge in [0.2, 0.25) is 0 Å². The molecule has 0 saturated carbocycles. The Bertz CT molecular complexity index is 303. The summed E-state index contributed by atoms with van der Waals surface area (Å²) in [6.07, 6.45) is 6.63. The molecule has 14 heavy (non-hydrogen) atoms. The van der Waals surface area contributed by atoms with Crippen LogP contribution in [0.5, 0.6) is 0 Å². The molecule has 1 fully saturated rings. The molecule has 76 valence electrons. The van der Waals surface area contributed by atoms with Crippen LogP contribution in [0.1, 0.15) is 35.7 Å². The van der Waals surface area contributed by atoms with Crippen LogP contribution in [0.4, 0.5) is 0 Å². The average molecular weight is 194 g/mol. The van der Waals surface area contributed by atoms with Gasteiger partial charge in [-0.3, -0.25) is 4.79 Å². The number of carbonyl (C=O) groups is 1. The first-order chi connectivity index (χ1) is 6.88. The van der Waals surface area contributed by atoms with Gasteiger partial charge in [0.1, 0.15) is 0 Å². The van der Waals surface area contributed by atoms with Crippen molar-refractivity contribution in [3.05, 3.63) is 17.8 Å². The quantitative estimate of drug-likeness (QED) is 0.734. The topological polar surface area (TPSA) is 55.1 Å². The average Bonchev–Trinajstić information content (AvgIpc) is 2.67. The highest BCUT2D eigenvalue weighted by Gasteiger charge is 2.15. The predicted octanol–water partition coefficient (Wildman–Crippen LogP) is 1.17. The molecular weight excluding hydrogens is 180 g/mol. The van der Waals surface area contributed by atoms with Crippen molar-refractivity contribution in [3.8, 4) is 0 Å². The third kappa shape index (κ3) is 2.20. The molecule has 1 aliphatic rings. The van der Waals surface area contributed by atoms with E-state index in [1.165, 1.54) is 25.5 Å². The van der Waals surface area contributed by atoms with Crippen LogP contribution < -0.4 is 5.32 Å². The maximum absolute atomic E-state index is 10.4. The maximum atomic E-state index is 10.4. The summed E-state index contributed by atoms with van der Waals surface area (Å²) in [7, 11) is 0. The van der Waals surface area contributed by atoms with Crippen molar-refractivity contribution >= 4 is 6.29 Å². The van der Waals surface area contributed by atoms with Gasteiger partial charge in [0.15, 0.2) is 17.9 Å². The van der Waals surface area contributed by atoms with Crippen LogP contribution in [0, 0.1) is 0 Å². The minimum Gasteiger partial charge on any atom is -0.438 e. The summed E-state index contributed by atoms with van der Waals surface area (Å²) < 4.78 is 5.22. The Labute approximate surface area is 82.7 Å². The van der Waals surface area contributed by atoms with Gasteiger partial charge in [-0.25, -0.2) is 4.98 Å². The van der Waals surface area contributed by atoms with Gasteiger partial charge in [-0.15, -0.1) is 0 Å². The van der Waals surface area contributed by atoms with Crippen LogP contribution in [0.25, 0.3) is 0 Å². The normalized spacial score (nSPS) is 22.1. The number of aromatic nitrogens is 1. The molecule has 1 atom stereocenters. The number of oxazole rings is 1. The molecule has 1 unspecified atom stereocenters. The van der Waals surface area contributed by atoms with Gasteiger partial charge in [0.05, 0.1) is 6.20 Å². The zero-order valence-corrected chi connectivity index (χ0v) is 8.03. The highest BCUT2D eigenvalue weighted by molar-refractivity contribution is 5.69. The summed E-state index contributed by atoms with van der Waals surface area (Å²) in [5.41, 5.74) is 0. The van der Waals surface area contributed by atoms with Crippen molar-refractivity contribution in [2.75, 3.05) is 6.54 Å². The van der Waals surface area contributed by atoms with Crippen LogP contribution >= 0.6 is 0 Å². The first-order valence-corrected chi connectivity index (χ1v) is 5.02. The Morgan fingerprint density at radius 3 is 3.21 bits per heavy atom. The fourth-order valence-corrected chi connectivity index (χ4v) is 1.78. The molecular formula is C10H14N2O2. The second-order valence-corrected chi connectivity index (χ2v) is 3.63. The van der Waals surface area contributed by atoms with Crippen LogP contribution in [0.15, 0.2) is 10.6 Å². The molecule has 2 heterocycles. The molecule has 2 rings (SSSR count). The summed E-state index contributed by atoms with van der Waals surface area (Å²) in [6, 6.07) is 0.460. The third-order valence-electron chi connectivity index (χ3n) is 2.52. The number of aldehydes is 1. The summed E-state index contributed by atoms with van der Waals surface area (Å²) in [5, 5.41) is 3.41. The Morgan fingerprint density at radius 1 is 1.64 bits per heavy atom. The Kier molecular flexibility index (Phi) is 2.93. The highest BCUT2D eigenvalue weighted by Crippen LogP contribution is 2.12. The van der Waals surface area contributed by atoms with Crippen molar-refractivity contribution in [1.29, 1.82) is 0 Å². The lowest BCUT2D eigenvalue weighted by molar-refractivity contribution is 0.109. The van der Waals surface area contributed by atoms with Gasteiger partial charge in [-0.1, -0.05) is 6.42 Å². The van der Waals surface area contributed by atoms with E-state index >= 15 is 0 Å². The van der Waals surface area contributed by atoms with Gasteiger partial charge in [-0.05, 0) is 19.4 Å². The van der Waals surface area contributed by atoms with Crippen LogP contribution in [0.2, 0.25) is 0 Å². The SMILES string of the molecule is O=Cc1cnc(CC2CCCCN2)o1. The number of hydrogen-bond donors (Lipinski definition) is 1. The second-order valence-electron chi connectivity index (χ2n) is 3.63. The Morgan fingerprint density at radius 2 is 2.57 bits per heavy atom. The van der Waals surface area contributed by atoms with E-state index in [1.54, 1.807) is 0 Å². The second kappa shape index (κ2) is 4.37. The molecule has 0 radical (unpaired) electrons. The molecule has 1 N–H and O–H groups in total. The molecule has 1 aromatic heterocycles. The molecule has 0 aliphatic carbocycles. The summed E-state index contributed by atoms with van der Waals surface area (Å²) >= 11 is 0. The predicted molar refractivity (Wildman–Crippen MR) is 51.2 cm³/mol. The molecule has 0 bridgehead atoms. The van der Waals surface area contributed by atoms with Gasteiger partial charge in [0.25, 0.3) is 0 Å². The fraction of sp³-hybridized carbons (Fsp3) is 0.600. The van der Waals surface area contributed by atoms with Gasteiger partial charge in [0, 0.05) is 12.5 Å². The van der Waals surface area contributed by atoms with E-state index in [0.717, 1.165) is 13.0 Å². The molecule has 0 aromatic carbocycles. The molecule has 1 aromatic rings. The summed E-state index contributed by atoms with van der Waals surface area (Å²) in [5.74, 6) is 0.974. The van der Waals surface area contributed by atoms with Crippen LogP contribution in [0.3, 0.4) is 0 Å². The fourth-order valence-electron chi connectivity index (χ4n) is 1.78. The number of rotatable bonds is 3. The number of nitrogens with one attached hydrogen (secondary N) is 1. The van der Waals surface area contributed by atoms with Crippen molar-refractivity contribution in [2.45, 2.75) is 31.7 Å². The summed E-state index contributed by atoms with van der Waals surface area (Å²) in [6.45, 7) is 1.08. The molecule has 0 amide bonds. The molecule has 1 aliphatic heterocycles. The Balaban J connectivity index is 1.92. The van der Waals surface area contributed by atoms with Crippen LogP contribution in [-0.4, -0.2) is 23.9 Å². The zero-order valence-electron chi connectivity index (χ0n) is 8.03.